The van der Waals surface area contributed by atoms with Crippen LogP contribution in [0.25, 0.3) is 0 Å². The molecule has 0 bridgehead atoms. The third kappa shape index (κ3) is 5.33. The molecule has 122 valence electrons. The van der Waals surface area contributed by atoms with Gasteiger partial charge in [0.25, 0.3) is 0 Å². The van der Waals surface area contributed by atoms with Crippen molar-refractivity contribution in [2.45, 2.75) is 58.2 Å². The summed E-state index contributed by atoms with van der Waals surface area (Å²) in [6.07, 6.45) is 1.89. The van der Waals surface area contributed by atoms with Crippen molar-refractivity contribution in [3.8, 4) is 0 Å². The standard InChI is InChI=1S/C16H24N2O3S/c1-16(2,3)21-15(20)18-13-5-4-12(8-13)14(19)17-9-11-6-7-22-10-11/h6-7,10,12-13H,4-5,8-9H2,1-3H3,(H,17,19)(H,18,20)/t12-,13-/m1/s1. The van der Waals surface area contributed by atoms with Crippen LogP contribution in [0.3, 0.4) is 0 Å². The van der Waals surface area contributed by atoms with Crippen LogP contribution < -0.4 is 10.6 Å². The van der Waals surface area contributed by atoms with Crippen LogP contribution in [0.4, 0.5) is 4.79 Å². The van der Waals surface area contributed by atoms with Gasteiger partial charge in [-0.1, -0.05) is 0 Å². The highest BCUT2D eigenvalue weighted by Gasteiger charge is 2.31. The third-order valence-corrected chi connectivity index (χ3v) is 4.30. The SMILES string of the molecule is CC(C)(C)OC(=O)N[C@@H]1CC[C@@H](C(=O)NCc2ccsc2)C1. The minimum absolute atomic E-state index is 0.0201. The molecule has 0 aromatic carbocycles. The summed E-state index contributed by atoms with van der Waals surface area (Å²) < 4.78 is 5.24. The van der Waals surface area contributed by atoms with E-state index in [0.29, 0.717) is 13.0 Å². The van der Waals surface area contributed by atoms with Gasteiger partial charge in [-0.2, -0.15) is 11.3 Å². The Balaban J connectivity index is 1.72. The van der Waals surface area contributed by atoms with Crippen LogP contribution in [-0.2, 0) is 16.1 Å². The molecule has 1 aliphatic carbocycles. The molecular formula is C16H24N2O3S. The predicted octanol–water partition coefficient (Wildman–Crippen LogP) is 3.06. The van der Waals surface area contributed by atoms with Crippen molar-refractivity contribution in [2.75, 3.05) is 0 Å². The van der Waals surface area contributed by atoms with Gasteiger partial charge in [-0.15, -0.1) is 0 Å². The quantitative estimate of drug-likeness (QED) is 0.894. The van der Waals surface area contributed by atoms with Crippen molar-refractivity contribution in [1.29, 1.82) is 0 Å². The molecule has 1 aliphatic rings. The van der Waals surface area contributed by atoms with Gasteiger partial charge in [0.15, 0.2) is 0 Å². The van der Waals surface area contributed by atoms with Crippen LogP contribution in [0.2, 0.25) is 0 Å². The number of hydrogen-bond acceptors (Lipinski definition) is 4. The molecule has 0 unspecified atom stereocenters. The van der Waals surface area contributed by atoms with Gasteiger partial charge in [0.2, 0.25) is 5.91 Å². The van der Waals surface area contributed by atoms with Gasteiger partial charge < -0.3 is 15.4 Å². The van der Waals surface area contributed by atoms with Gasteiger partial charge in [0.05, 0.1) is 0 Å². The summed E-state index contributed by atoms with van der Waals surface area (Å²) in [7, 11) is 0. The lowest BCUT2D eigenvalue weighted by Crippen LogP contribution is -2.38. The fourth-order valence-corrected chi connectivity index (χ4v) is 3.22. The highest BCUT2D eigenvalue weighted by Crippen LogP contribution is 2.26. The van der Waals surface area contributed by atoms with E-state index in [0.717, 1.165) is 18.4 Å². The maximum absolute atomic E-state index is 12.1. The van der Waals surface area contributed by atoms with Gasteiger partial charge in [-0.3, -0.25) is 4.79 Å². The summed E-state index contributed by atoms with van der Waals surface area (Å²) in [5.74, 6) is 0.0401. The Morgan fingerprint density at radius 1 is 1.36 bits per heavy atom. The molecule has 1 saturated carbocycles. The lowest BCUT2D eigenvalue weighted by molar-refractivity contribution is -0.125. The zero-order valence-corrected chi connectivity index (χ0v) is 14.2. The molecule has 1 aromatic rings. The van der Waals surface area contributed by atoms with E-state index in [9.17, 15) is 9.59 Å². The van der Waals surface area contributed by atoms with E-state index in [1.165, 1.54) is 0 Å². The van der Waals surface area contributed by atoms with E-state index in [1.807, 2.05) is 37.6 Å². The summed E-state index contributed by atoms with van der Waals surface area (Å²) in [6, 6.07) is 2.03. The maximum atomic E-state index is 12.1. The Bertz CT molecular complexity index is 508. The number of nitrogens with one attached hydrogen (secondary N) is 2. The normalized spacial score (nSPS) is 21.4. The van der Waals surface area contributed by atoms with Crippen molar-refractivity contribution in [3.05, 3.63) is 22.4 Å². The highest BCUT2D eigenvalue weighted by atomic mass is 32.1. The Morgan fingerprint density at radius 2 is 2.14 bits per heavy atom. The fraction of sp³-hybridized carbons (Fsp3) is 0.625. The summed E-state index contributed by atoms with van der Waals surface area (Å²) >= 11 is 1.62. The molecule has 0 spiro atoms. The monoisotopic (exact) mass is 324 g/mol. The van der Waals surface area contributed by atoms with Crippen molar-refractivity contribution >= 4 is 23.3 Å². The fourth-order valence-electron chi connectivity index (χ4n) is 2.55. The Kier molecular flexibility index (Phi) is 5.45. The first-order valence-electron chi connectivity index (χ1n) is 7.62. The van der Waals surface area contributed by atoms with Gasteiger partial charge in [-0.25, -0.2) is 4.79 Å². The van der Waals surface area contributed by atoms with E-state index in [2.05, 4.69) is 10.6 Å². The second-order valence-corrected chi connectivity index (χ2v) is 7.48. The largest absolute Gasteiger partial charge is 0.444 e. The van der Waals surface area contributed by atoms with Crippen molar-refractivity contribution in [3.63, 3.8) is 0 Å². The number of ether oxygens (including phenoxy) is 1. The predicted molar refractivity (Wildman–Crippen MR) is 86.7 cm³/mol. The lowest BCUT2D eigenvalue weighted by atomic mass is 10.1. The maximum Gasteiger partial charge on any atom is 0.407 e. The van der Waals surface area contributed by atoms with Gasteiger partial charge in [-0.05, 0) is 62.4 Å². The molecule has 5 nitrogen and oxygen atoms in total. The molecule has 2 rings (SSSR count). The number of carbonyl (C=O) groups is 2. The molecule has 22 heavy (non-hydrogen) atoms. The van der Waals surface area contributed by atoms with E-state index in [-0.39, 0.29) is 17.9 Å². The molecule has 0 aliphatic heterocycles. The zero-order valence-electron chi connectivity index (χ0n) is 13.3. The number of thiophene rings is 1. The minimum atomic E-state index is -0.500. The Morgan fingerprint density at radius 3 is 2.77 bits per heavy atom. The van der Waals surface area contributed by atoms with E-state index in [1.54, 1.807) is 11.3 Å². The van der Waals surface area contributed by atoms with Crippen molar-refractivity contribution < 1.29 is 14.3 Å². The molecule has 0 saturated heterocycles. The molecule has 6 heteroatoms. The van der Waals surface area contributed by atoms with Gasteiger partial charge in [0.1, 0.15) is 5.60 Å². The number of hydrogen-bond donors (Lipinski definition) is 2. The zero-order chi connectivity index (χ0) is 16.2. The average Bonchev–Trinajstić information content (AvgIpc) is 3.04. The molecular weight excluding hydrogens is 300 g/mol. The molecule has 2 N–H and O–H groups in total. The second-order valence-electron chi connectivity index (χ2n) is 6.70. The molecule has 2 atom stereocenters. The molecule has 1 fully saturated rings. The molecule has 2 amide bonds. The van der Waals surface area contributed by atoms with Crippen LogP contribution in [0.5, 0.6) is 0 Å². The first-order valence-corrected chi connectivity index (χ1v) is 8.56. The van der Waals surface area contributed by atoms with Crippen LogP contribution in [-0.4, -0.2) is 23.6 Å². The summed E-state index contributed by atoms with van der Waals surface area (Å²) in [4.78, 5) is 23.9. The molecule has 1 heterocycles. The molecule has 0 radical (unpaired) electrons. The minimum Gasteiger partial charge on any atom is -0.444 e. The smallest absolute Gasteiger partial charge is 0.407 e. The highest BCUT2D eigenvalue weighted by molar-refractivity contribution is 7.07. The number of amides is 2. The first kappa shape index (κ1) is 16.8. The summed E-state index contributed by atoms with van der Waals surface area (Å²) in [5, 5.41) is 9.84. The number of rotatable bonds is 4. The summed E-state index contributed by atoms with van der Waals surface area (Å²) in [6.45, 7) is 6.08. The number of carbonyl (C=O) groups excluding carboxylic acids is 2. The van der Waals surface area contributed by atoms with Crippen molar-refractivity contribution in [1.82, 2.24) is 10.6 Å². The first-order chi connectivity index (χ1) is 10.3. The van der Waals surface area contributed by atoms with Crippen LogP contribution in [0.15, 0.2) is 16.8 Å². The topological polar surface area (TPSA) is 67.4 Å². The van der Waals surface area contributed by atoms with Gasteiger partial charge in [0, 0.05) is 18.5 Å². The van der Waals surface area contributed by atoms with Crippen LogP contribution in [0.1, 0.15) is 45.6 Å². The number of alkyl carbamates (subject to hydrolysis) is 1. The molecule has 1 aromatic heterocycles. The van der Waals surface area contributed by atoms with Crippen LogP contribution >= 0.6 is 11.3 Å². The second kappa shape index (κ2) is 7.13. The van der Waals surface area contributed by atoms with Gasteiger partial charge >= 0.3 is 6.09 Å². The average molecular weight is 324 g/mol. The van der Waals surface area contributed by atoms with E-state index < -0.39 is 11.7 Å². The lowest BCUT2D eigenvalue weighted by Gasteiger charge is -2.21. The summed E-state index contributed by atoms with van der Waals surface area (Å²) in [5.41, 5.74) is 0.625. The third-order valence-electron chi connectivity index (χ3n) is 3.57. The Labute approximate surface area is 135 Å². The van der Waals surface area contributed by atoms with E-state index in [4.69, 9.17) is 4.74 Å². The Hall–Kier alpha value is -1.56. The van der Waals surface area contributed by atoms with Crippen LogP contribution in [0, 0.1) is 5.92 Å². The van der Waals surface area contributed by atoms with Crippen molar-refractivity contribution in [2.24, 2.45) is 5.92 Å². The van der Waals surface area contributed by atoms with E-state index >= 15 is 0 Å².